The van der Waals surface area contributed by atoms with Gasteiger partial charge in [-0.15, -0.1) is 16.8 Å². The standard InChI is InChI=1S/C20H16Br2N4O2S/c1-3-8-29-20-24-19-17(25-26-20)13-9-11(21)4-6-15(13)23-18(28-19)14-10-12(22)5-7-16(14)27-2/h3-7,9-10,18,23H,1,8H2,2H3/t18-/m0/s1. The Morgan fingerprint density at radius 2 is 2.00 bits per heavy atom. The Labute approximate surface area is 189 Å². The molecule has 1 aromatic heterocycles. The van der Waals surface area contributed by atoms with Crippen molar-refractivity contribution in [3.05, 3.63) is 63.6 Å². The number of halogens is 2. The summed E-state index contributed by atoms with van der Waals surface area (Å²) < 4.78 is 13.7. The van der Waals surface area contributed by atoms with Crippen LogP contribution >= 0.6 is 43.6 Å². The maximum Gasteiger partial charge on any atom is 0.247 e. The van der Waals surface area contributed by atoms with Crippen LogP contribution in [0, 0.1) is 0 Å². The monoisotopic (exact) mass is 534 g/mol. The fourth-order valence-corrected chi connectivity index (χ4v) is 4.17. The molecule has 9 heteroatoms. The molecule has 0 saturated carbocycles. The van der Waals surface area contributed by atoms with Crippen LogP contribution in [0.25, 0.3) is 11.3 Å². The Morgan fingerprint density at radius 3 is 2.79 bits per heavy atom. The van der Waals surface area contributed by atoms with Gasteiger partial charge in [0.1, 0.15) is 5.75 Å². The van der Waals surface area contributed by atoms with Crippen LogP contribution in [0.2, 0.25) is 0 Å². The minimum Gasteiger partial charge on any atom is -0.496 e. The zero-order chi connectivity index (χ0) is 20.4. The first-order valence-electron chi connectivity index (χ1n) is 8.64. The minimum absolute atomic E-state index is 0.406. The maximum atomic E-state index is 6.30. The highest BCUT2D eigenvalue weighted by atomic mass is 79.9. The van der Waals surface area contributed by atoms with Crippen molar-refractivity contribution in [3.63, 3.8) is 0 Å². The summed E-state index contributed by atoms with van der Waals surface area (Å²) in [6, 6.07) is 11.7. The highest BCUT2D eigenvalue weighted by Crippen LogP contribution is 2.42. The number of hydrogen-bond acceptors (Lipinski definition) is 7. The predicted molar refractivity (Wildman–Crippen MR) is 122 cm³/mol. The van der Waals surface area contributed by atoms with E-state index >= 15 is 0 Å². The van der Waals surface area contributed by atoms with Crippen molar-refractivity contribution in [3.8, 4) is 22.9 Å². The summed E-state index contributed by atoms with van der Waals surface area (Å²) in [6.07, 6.45) is 1.27. The molecule has 0 fully saturated rings. The topological polar surface area (TPSA) is 69.2 Å². The number of anilines is 1. The van der Waals surface area contributed by atoms with E-state index in [1.165, 1.54) is 11.8 Å². The first kappa shape index (κ1) is 20.2. The lowest BCUT2D eigenvalue weighted by atomic mass is 10.1. The molecule has 1 N–H and O–H groups in total. The molecule has 1 atom stereocenters. The van der Waals surface area contributed by atoms with Gasteiger partial charge in [-0.25, -0.2) is 0 Å². The molecule has 2 aromatic carbocycles. The van der Waals surface area contributed by atoms with Crippen LogP contribution < -0.4 is 14.8 Å². The van der Waals surface area contributed by atoms with Crippen molar-refractivity contribution in [1.29, 1.82) is 0 Å². The van der Waals surface area contributed by atoms with Gasteiger partial charge in [-0.3, -0.25) is 0 Å². The zero-order valence-electron chi connectivity index (χ0n) is 15.4. The molecule has 2 heterocycles. The summed E-state index contributed by atoms with van der Waals surface area (Å²) in [5.74, 6) is 1.79. The van der Waals surface area contributed by atoms with Gasteiger partial charge in [0.25, 0.3) is 0 Å². The predicted octanol–water partition coefficient (Wildman–Crippen LogP) is 5.85. The van der Waals surface area contributed by atoms with E-state index < -0.39 is 6.23 Å². The van der Waals surface area contributed by atoms with E-state index in [1.807, 2.05) is 36.4 Å². The van der Waals surface area contributed by atoms with Gasteiger partial charge in [-0.1, -0.05) is 49.7 Å². The number of aromatic nitrogens is 3. The van der Waals surface area contributed by atoms with Crippen LogP contribution in [-0.4, -0.2) is 28.0 Å². The fraction of sp³-hybridized carbons (Fsp3) is 0.150. The molecule has 29 heavy (non-hydrogen) atoms. The average Bonchev–Trinajstić information content (AvgIpc) is 2.88. The number of fused-ring (bicyclic) bond motifs is 3. The molecular formula is C20H16Br2N4O2S. The SMILES string of the molecule is C=CCSc1nnc2c(n1)O[C@@H](c1cc(Br)ccc1OC)Nc1ccc(Br)cc1-2. The summed E-state index contributed by atoms with van der Waals surface area (Å²) in [7, 11) is 1.64. The van der Waals surface area contributed by atoms with Gasteiger partial charge in [0.2, 0.25) is 17.3 Å². The van der Waals surface area contributed by atoms with Crippen LogP contribution in [0.3, 0.4) is 0 Å². The smallest absolute Gasteiger partial charge is 0.247 e. The molecule has 0 bridgehead atoms. The summed E-state index contributed by atoms with van der Waals surface area (Å²) in [6.45, 7) is 3.74. The Kier molecular flexibility index (Phi) is 6.07. The molecule has 0 spiro atoms. The quantitative estimate of drug-likeness (QED) is 0.324. The fourth-order valence-electron chi connectivity index (χ4n) is 2.92. The number of rotatable bonds is 5. The number of hydrogen-bond donors (Lipinski definition) is 1. The van der Waals surface area contributed by atoms with Crippen LogP contribution in [-0.2, 0) is 0 Å². The number of benzene rings is 2. The molecule has 3 aromatic rings. The molecule has 1 aliphatic rings. The first-order chi connectivity index (χ1) is 14.1. The third-order valence-electron chi connectivity index (χ3n) is 4.19. The average molecular weight is 536 g/mol. The molecule has 0 radical (unpaired) electrons. The van der Waals surface area contributed by atoms with Gasteiger partial charge in [0.15, 0.2) is 5.69 Å². The Balaban J connectivity index is 1.86. The molecule has 148 valence electrons. The normalized spacial score (nSPS) is 14.7. The minimum atomic E-state index is -0.530. The lowest BCUT2D eigenvalue weighted by Crippen LogP contribution is -2.18. The van der Waals surface area contributed by atoms with Gasteiger partial charge in [-0.05, 0) is 36.4 Å². The largest absolute Gasteiger partial charge is 0.496 e. The lowest BCUT2D eigenvalue weighted by Gasteiger charge is -2.21. The van der Waals surface area contributed by atoms with Crippen molar-refractivity contribution in [2.24, 2.45) is 0 Å². The van der Waals surface area contributed by atoms with E-state index in [4.69, 9.17) is 9.47 Å². The zero-order valence-corrected chi connectivity index (χ0v) is 19.3. The molecule has 4 rings (SSSR count). The van der Waals surface area contributed by atoms with Gasteiger partial charge in [0, 0.05) is 25.9 Å². The molecular weight excluding hydrogens is 520 g/mol. The number of nitrogens with one attached hydrogen (secondary N) is 1. The molecule has 0 saturated heterocycles. The van der Waals surface area contributed by atoms with E-state index in [1.54, 1.807) is 13.2 Å². The molecule has 6 nitrogen and oxygen atoms in total. The van der Waals surface area contributed by atoms with Crippen molar-refractivity contribution in [2.45, 2.75) is 11.4 Å². The summed E-state index contributed by atoms with van der Waals surface area (Å²) in [4.78, 5) is 4.60. The second kappa shape index (κ2) is 8.73. The van der Waals surface area contributed by atoms with Gasteiger partial charge < -0.3 is 14.8 Å². The van der Waals surface area contributed by atoms with E-state index in [-0.39, 0.29) is 0 Å². The van der Waals surface area contributed by atoms with Crippen LogP contribution in [0.5, 0.6) is 11.6 Å². The van der Waals surface area contributed by atoms with Crippen molar-refractivity contribution < 1.29 is 9.47 Å². The second-order valence-electron chi connectivity index (χ2n) is 6.07. The summed E-state index contributed by atoms with van der Waals surface area (Å²) in [5.41, 5.74) is 3.13. The van der Waals surface area contributed by atoms with Gasteiger partial charge in [-0.2, -0.15) is 4.98 Å². The van der Waals surface area contributed by atoms with Crippen molar-refractivity contribution in [2.75, 3.05) is 18.2 Å². The number of thioether (sulfide) groups is 1. The second-order valence-corrected chi connectivity index (χ2v) is 8.88. The van der Waals surface area contributed by atoms with E-state index in [2.05, 4.69) is 58.9 Å². The van der Waals surface area contributed by atoms with E-state index in [0.717, 1.165) is 25.8 Å². The molecule has 0 amide bonds. The van der Waals surface area contributed by atoms with Crippen LogP contribution in [0.15, 0.2) is 63.2 Å². The molecule has 1 aliphatic heterocycles. The molecule has 0 aliphatic carbocycles. The number of nitrogens with zero attached hydrogens (tertiary/aromatic N) is 3. The van der Waals surface area contributed by atoms with Crippen molar-refractivity contribution >= 4 is 49.3 Å². The lowest BCUT2D eigenvalue weighted by molar-refractivity contribution is 0.219. The van der Waals surface area contributed by atoms with Gasteiger partial charge >= 0.3 is 0 Å². The Hall–Kier alpha value is -2.10. The Bertz CT molecular complexity index is 1080. The highest BCUT2D eigenvalue weighted by Gasteiger charge is 2.28. The molecule has 0 unspecified atom stereocenters. The third kappa shape index (κ3) is 4.26. The number of methoxy groups -OCH3 is 1. The maximum absolute atomic E-state index is 6.30. The first-order valence-corrected chi connectivity index (χ1v) is 11.2. The highest BCUT2D eigenvalue weighted by molar-refractivity contribution is 9.10. The van der Waals surface area contributed by atoms with Gasteiger partial charge in [0.05, 0.1) is 12.7 Å². The summed E-state index contributed by atoms with van der Waals surface area (Å²) >= 11 is 8.51. The van der Waals surface area contributed by atoms with Crippen molar-refractivity contribution in [1.82, 2.24) is 15.2 Å². The summed E-state index contributed by atoms with van der Waals surface area (Å²) in [5, 5.41) is 12.6. The Morgan fingerprint density at radius 1 is 1.21 bits per heavy atom. The number of ether oxygens (including phenoxy) is 2. The van der Waals surface area contributed by atoms with E-state index in [9.17, 15) is 0 Å². The van der Waals surface area contributed by atoms with Crippen LogP contribution in [0.1, 0.15) is 11.8 Å². The van der Waals surface area contributed by atoms with E-state index in [0.29, 0.717) is 28.2 Å². The third-order valence-corrected chi connectivity index (χ3v) is 6.01. The van der Waals surface area contributed by atoms with Crippen LogP contribution in [0.4, 0.5) is 5.69 Å².